The lowest BCUT2D eigenvalue weighted by molar-refractivity contribution is 0.0956. The summed E-state index contributed by atoms with van der Waals surface area (Å²) in [5.74, 6) is -0.778. The second-order valence-electron chi connectivity index (χ2n) is 6.99. The van der Waals surface area contributed by atoms with Crippen LogP contribution < -0.4 is 15.4 Å². The van der Waals surface area contributed by atoms with E-state index in [1.54, 1.807) is 30.3 Å². The molecule has 2 aromatic rings. The highest BCUT2D eigenvalue weighted by atomic mass is 32.2. The minimum absolute atomic E-state index is 0.0501. The number of sulfonamides is 1. The Balaban J connectivity index is 1.79. The maximum absolute atomic E-state index is 12.7. The van der Waals surface area contributed by atoms with Gasteiger partial charge in [0.05, 0.1) is 16.1 Å². The minimum Gasteiger partial charge on any atom is -0.352 e. The Labute approximate surface area is 171 Å². The quantitative estimate of drug-likeness (QED) is 0.647. The highest BCUT2D eigenvalue weighted by molar-refractivity contribution is 7.89. The third-order valence-electron chi connectivity index (χ3n) is 4.84. The molecule has 0 spiro atoms. The summed E-state index contributed by atoms with van der Waals surface area (Å²) in [5, 5.41) is 5.40. The summed E-state index contributed by atoms with van der Waals surface area (Å²) in [7, 11) is -3.70. The van der Waals surface area contributed by atoms with Crippen molar-refractivity contribution in [2.75, 3.05) is 11.9 Å². The Hall–Kier alpha value is -2.71. The number of amides is 2. The van der Waals surface area contributed by atoms with Gasteiger partial charge in [-0.05, 0) is 50.1 Å². The van der Waals surface area contributed by atoms with E-state index in [-0.39, 0.29) is 22.4 Å². The first-order chi connectivity index (χ1) is 13.9. The Morgan fingerprint density at radius 3 is 2.45 bits per heavy atom. The van der Waals surface area contributed by atoms with E-state index in [1.165, 1.54) is 18.2 Å². The molecule has 2 aromatic carbocycles. The van der Waals surface area contributed by atoms with Gasteiger partial charge in [0.15, 0.2) is 0 Å². The maximum Gasteiger partial charge on any atom is 0.255 e. The molecule has 0 atom stereocenters. The number of rotatable bonds is 7. The normalized spacial score (nSPS) is 14.5. The second kappa shape index (κ2) is 9.19. The third-order valence-corrected chi connectivity index (χ3v) is 6.36. The van der Waals surface area contributed by atoms with E-state index >= 15 is 0 Å². The fourth-order valence-corrected chi connectivity index (χ4v) is 4.73. The Bertz CT molecular complexity index is 998. The summed E-state index contributed by atoms with van der Waals surface area (Å²) in [4.78, 5) is 24.9. The first-order valence-corrected chi connectivity index (χ1v) is 11.2. The van der Waals surface area contributed by atoms with E-state index in [1.807, 2.05) is 6.92 Å². The van der Waals surface area contributed by atoms with Crippen LogP contribution in [0.1, 0.15) is 53.3 Å². The average molecular weight is 416 g/mol. The van der Waals surface area contributed by atoms with Crippen LogP contribution in [0.2, 0.25) is 0 Å². The van der Waals surface area contributed by atoms with Gasteiger partial charge in [-0.3, -0.25) is 9.59 Å². The van der Waals surface area contributed by atoms with Crippen LogP contribution in [0.3, 0.4) is 0 Å². The number of hydrogen-bond acceptors (Lipinski definition) is 4. The first-order valence-electron chi connectivity index (χ1n) is 9.71. The predicted molar refractivity (Wildman–Crippen MR) is 111 cm³/mol. The van der Waals surface area contributed by atoms with Crippen LogP contribution in [0.15, 0.2) is 53.4 Å². The Morgan fingerprint density at radius 2 is 1.72 bits per heavy atom. The van der Waals surface area contributed by atoms with Crippen molar-refractivity contribution in [2.45, 2.75) is 43.5 Å². The zero-order valence-electron chi connectivity index (χ0n) is 16.3. The minimum atomic E-state index is -3.70. The molecule has 0 heterocycles. The number of nitrogens with one attached hydrogen (secondary N) is 3. The van der Waals surface area contributed by atoms with Gasteiger partial charge < -0.3 is 10.6 Å². The van der Waals surface area contributed by atoms with Gasteiger partial charge in [0.25, 0.3) is 11.8 Å². The van der Waals surface area contributed by atoms with Gasteiger partial charge in [-0.25, -0.2) is 13.1 Å². The summed E-state index contributed by atoms with van der Waals surface area (Å²) >= 11 is 0. The Kier molecular flexibility index (Phi) is 6.66. The maximum atomic E-state index is 12.7. The molecule has 154 valence electrons. The number of anilines is 1. The smallest absolute Gasteiger partial charge is 0.255 e. The highest BCUT2D eigenvalue weighted by Crippen LogP contribution is 2.21. The zero-order chi connectivity index (χ0) is 20.9. The molecule has 2 amide bonds. The monoisotopic (exact) mass is 415 g/mol. The molecule has 1 aliphatic carbocycles. The highest BCUT2D eigenvalue weighted by Gasteiger charge is 2.23. The predicted octanol–water partition coefficient (Wildman–Crippen LogP) is 2.91. The van der Waals surface area contributed by atoms with E-state index in [2.05, 4.69) is 15.4 Å². The van der Waals surface area contributed by atoms with Crippen LogP contribution in [0.25, 0.3) is 0 Å². The summed E-state index contributed by atoms with van der Waals surface area (Å²) in [6, 6.07) is 12.5. The molecule has 8 heteroatoms. The lowest BCUT2D eigenvalue weighted by Crippen LogP contribution is -2.32. The van der Waals surface area contributed by atoms with E-state index in [0.29, 0.717) is 17.8 Å². The summed E-state index contributed by atoms with van der Waals surface area (Å²) in [5.41, 5.74) is 0.903. The third kappa shape index (κ3) is 5.21. The van der Waals surface area contributed by atoms with Crippen LogP contribution in [0.4, 0.5) is 5.69 Å². The van der Waals surface area contributed by atoms with Gasteiger partial charge >= 0.3 is 0 Å². The molecule has 1 saturated carbocycles. The molecule has 0 unspecified atom stereocenters. The van der Waals surface area contributed by atoms with Crippen molar-refractivity contribution in [3.63, 3.8) is 0 Å². The van der Waals surface area contributed by atoms with Crippen LogP contribution >= 0.6 is 0 Å². The Morgan fingerprint density at radius 1 is 1.00 bits per heavy atom. The summed E-state index contributed by atoms with van der Waals surface area (Å²) in [6.45, 7) is 2.28. The SMILES string of the molecule is CCNC(=O)c1ccccc1NC(=O)c1cccc(S(=O)(=O)NC2CCCC2)c1. The number of carbonyl (C=O) groups excluding carboxylic acids is 2. The van der Waals surface area contributed by atoms with Crippen molar-refractivity contribution in [1.29, 1.82) is 0 Å². The van der Waals surface area contributed by atoms with Crippen molar-refractivity contribution < 1.29 is 18.0 Å². The molecule has 0 saturated heterocycles. The summed E-state index contributed by atoms with van der Waals surface area (Å²) < 4.78 is 28.0. The zero-order valence-corrected chi connectivity index (χ0v) is 17.1. The van der Waals surface area contributed by atoms with Crippen LogP contribution in [0.5, 0.6) is 0 Å². The topological polar surface area (TPSA) is 104 Å². The molecule has 29 heavy (non-hydrogen) atoms. The lowest BCUT2D eigenvalue weighted by atomic mass is 10.1. The number of carbonyl (C=O) groups is 2. The van der Waals surface area contributed by atoms with Gasteiger partial charge in [-0.2, -0.15) is 0 Å². The molecule has 7 nitrogen and oxygen atoms in total. The van der Waals surface area contributed by atoms with Crippen molar-refractivity contribution in [2.24, 2.45) is 0 Å². The molecule has 0 aliphatic heterocycles. The largest absolute Gasteiger partial charge is 0.352 e. The van der Waals surface area contributed by atoms with Crippen molar-refractivity contribution in [3.8, 4) is 0 Å². The lowest BCUT2D eigenvalue weighted by Gasteiger charge is -2.14. The van der Waals surface area contributed by atoms with Crippen molar-refractivity contribution in [1.82, 2.24) is 10.0 Å². The molecule has 3 rings (SSSR count). The molecule has 1 fully saturated rings. The molecule has 3 N–H and O–H groups in total. The fourth-order valence-electron chi connectivity index (χ4n) is 3.38. The van der Waals surface area contributed by atoms with Crippen molar-refractivity contribution >= 4 is 27.5 Å². The van der Waals surface area contributed by atoms with Crippen LogP contribution in [-0.4, -0.2) is 32.8 Å². The van der Waals surface area contributed by atoms with Gasteiger partial charge in [0.2, 0.25) is 10.0 Å². The van der Waals surface area contributed by atoms with Crippen LogP contribution in [-0.2, 0) is 10.0 Å². The molecule has 0 aromatic heterocycles. The first kappa shape index (κ1) is 21.0. The number of benzene rings is 2. The number of para-hydroxylation sites is 1. The average Bonchev–Trinajstić information content (AvgIpc) is 3.21. The fraction of sp³-hybridized carbons (Fsp3) is 0.333. The van der Waals surface area contributed by atoms with E-state index in [0.717, 1.165) is 25.7 Å². The summed E-state index contributed by atoms with van der Waals surface area (Å²) in [6.07, 6.45) is 3.69. The molecule has 0 bridgehead atoms. The van der Waals surface area contributed by atoms with E-state index < -0.39 is 15.9 Å². The molecule has 1 aliphatic rings. The molecule has 0 radical (unpaired) electrons. The van der Waals surface area contributed by atoms with Gasteiger partial charge in [-0.1, -0.05) is 31.0 Å². The second-order valence-corrected chi connectivity index (χ2v) is 8.70. The molecular weight excluding hydrogens is 390 g/mol. The van der Waals surface area contributed by atoms with Gasteiger partial charge in [0, 0.05) is 18.2 Å². The van der Waals surface area contributed by atoms with Crippen molar-refractivity contribution in [3.05, 3.63) is 59.7 Å². The van der Waals surface area contributed by atoms with Crippen LogP contribution in [0, 0.1) is 0 Å². The van der Waals surface area contributed by atoms with Gasteiger partial charge in [0.1, 0.15) is 0 Å². The number of hydrogen-bond donors (Lipinski definition) is 3. The molecular formula is C21H25N3O4S. The standard InChI is InChI=1S/C21H25N3O4S/c1-2-22-21(26)18-12-5-6-13-19(18)23-20(25)15-8-7-11-17(14-15)29(27,28)24-16-9-3-4-10-16/h5-8,11-14,16,24H,2-4,9-10H2,1H3,(H,22,26)(H,23,25). The van der Waals surface area contributed by atoms with E-state index in [4.69, 9.17) is 0 Å². The van der Waals surface area contributed by atoms with Gasteiger partial charge in [-0.15, -0.1) is 0 Å². The van der Waals surface area contributed by atoms with E-state index in [9.17, 15) is 18.0 Å².